The SMILES string of the molecule is COC(OC)C(C)NC(=O)C(C)C1CC1. The third-order valence-corrected chi connectivity index (χ3v) is 2.99. The monoisotopic (exact) mass is 215 g/mol. The summed E-state index contributed by atoms with van der Waals surface area (Å²) in [6.07, 6.45) is 1.99. The Morgan fingerprint density at radius 3 is 2.20 bits per heavy atom. The first-order valence-corrected chi connectivity index (χ1v) is 5.46. The first-order chi connectivity index (χ1) is 7.10. The molecule has 0 radical (unpaired) electrons. The van der Waals surface area contributed by atoms with E-state index < -0.39 is 0 Å². The van der Waals surface area contributed by atoms with Crippen molar-refractivity contribution in [2.24, 2.45) is 11.8 Å². The zero-order valence-electron chi connectivity index (χ0n) is 9.95. The number of hydrogen-bond donors (Lipinski definition) is 1. The number of carbonyl (C=O) groups is 1. The number of hydrogen-bond acceptors (Lipinski definition) is 3. The molecule has 0 spiro atoms. The average Bonchev–Trinajstić information content (AvgIpc) is 3.01. The summed E-state index contributed by atoms with van der Waals surface area (Å²) in [7, 11) is 3.14. The highest BCUT2D eigenvalue weighted by atomic mass is 16.7. The van der Waals surface area contributed by atoms with Crippen molar-refractivity contribution in [2.45, 2.75) is 39.0 Å². The summed E-state index contributed by atoms with van der Waals surface area (Å²) < 4.78 is 10.2. The molecular formula is C11H21NO3. The van der Waals surface area contributed by atoms with Gasteiger partial charge in [0.05, 0.1) is 6.04 Å². The van der Waals surface area contributed by atoms with Crippen LogP contribution in [0.25, 0.3) is 0 Å². The van der Waals surface area contributed by atoms with Gasteiger partial charge in [0.15, 0.2) is 6.29 Å². The van der Waals surface area contributed by atoms with E-state index in [0.29, 0.717) is 5.92 Å². The van der Waals surface area contributed by atoms with E-state index in [1.807, 2.05) is 13.8 Å². The van der Waals surface area contributed by atoms with Crippen LogP contribution >= 0.6 is 0 Å². The number of carbonyl (C=O) groups excluding carboxylic acids is 1. The first-order valence-electron chi connectivity index (χ1n) is 5.46. The van der Waals surface area contributed by atoms with Gasteiger partial charge in [-0.2, -0.15) is 0 Å². The van der Waals surface area contributed by atoms with Crippen molar-refractivity contribution in [3.05, 3.63) is 0 Å². The summed E-state index contributed by atoms with van der Waals surface area (Å²) in [5.74, 6) is 0.798. The molecule has 1 amide bonds. The molecule has 0 aromatic heterocycles. The third kappa shape index (κ3) is 3.47. The van der Waals surface area contributed by atoms with Crippen LogP contribution in [0, 0.1) is 11.8 Å². The molecule has 4 nitrogen and oxygen atoms in total. The largest absolute Gasteiger partial charge is 0.354 e. The number of amides is 1. The van der Waals surface area contributed by atoms with E-state index in [-0.39, 0.29) is 24.2 Å². The molecule has 88 valence electrons. The van der Waals surface area contributed by atoms with Crippen LogP contribution in [0.2, 0.25) is 0 Å². The molecule has 1 aliphatic carbocycles. The Hall–Kier alpha value is -0.610. The van der Waals surface area contributed by atoms with Gasteiger partial charge in [0.1, 0.15) is 0 Å². The van der Waals surface area contributed by atoms with E-state index in [1.54, 1.807) is 14.2 Å². The predicted octanol–water partition coefficient (Wildman–Crippen LogP) is 1.16. The zero-order chi connectivity index (χ0) is 11.4. The standard InChI is InChI=1S/C11H21NO3/c1-7(9-5-6-9)10(13)12-8(2)11(14-3)15-4/h7-9,11H,5-6H2,1-4H3,(H,12,13). The Bertz CT molecular complexity index is 212. The van der Waals surface area contributed by atoms with Gasteiger partial charge in [-0.05, 0) is 25.7 Å². The van der Waals surface area contributed by atoms with Crippen molar-refractivity contribution < 1.29 is 14.3 Å². The second kappa shape index (κ2) is 5.47. The second-order valence-corrected chi connectivity index (χ2v) is 4.26. The Morgan fingerprint density at radius 2 is 1.80 bits per heavy atom. The maximum absolute atomic E-state index is 11.7. The highest BCUT2D eigenvalue weighted by Crippen LogP contribution is 2.36. The van der Waals surface area contributed by atoms with Crippen LogP contribution in [-0.4, -0.2) is 32.5 Å². The van der Waals surface area contributed by atoms with E-state index in [9.17, 15) is 4.79 Å². The van der Waals surface area contributed by atoms with Crippen molar-refractivity contribution >= 4 is 5.91 Å². The minimum atomic E-state index is -0.375. The molecule has 0 aliphatic heterocycles. The normalized spacial score (nSPS) is 20.1. The van der Waals surface area contributed by atoms with Crippen molar-refractivity contribution in [3.63, 3.8) is 0 Å². The molecule has 0 aromatic rings. The number of ether oxygens (including phenoxy) is 2. The fourth-order valence-corrected chi connectivity index (χ4v) is 1.74. The topological polar surface area (TPSA) is 47.6 Å². The predicted molar refractivity (Wildman–Crippen MR) is 57.3 cm³/mol. The fraction of sp³-hybridized carbons (Fsp3) is 0.909. The molecule has 1 fully saturated rings. The maximum Gasteiger partial charge on any atom is 0.223 e. The lowest BCUT2D eigenvalue weighted by molar-refractivity contribution is -0.138. The highest BCUT2D eigenvalue weighted by molar-refractivity contribution is 5.79. The Labute approximate surface area is 91.3 Å². The Morgan fingerprint density at radius 1 is 1.27 bits per heavy atom. The van der Waals surface area contributed by atoms with Crippen LogP contribution in [0.4, 0.5) is 0 Å². The van der Waals surface area contributed by atoms with Crippen molar-refractivity contribution in [3.8, 4) is 0 Å². The van der Waals surface area contributed by atoms with E-state index >= 15 is 0 Å². The second-order valence-electron chi connectivity index (χ2n) is 4.26. The highest BCUT2D eigenvalue weighted by Gasteiger charge is 2.33. The van der Waals surface area contributed by atoms with Crippen LogP contribution < -0.4 is 5.32 Å². The van der Waals surface area contributed by atoms with Crippen LogP contribution in [0.15, 0.2) is 0 Å². The molecule has 1 N–H and O–H groups in total. The number of methoxy groups -OCH3 is 2. The summed E-state index contributed by atoms with van der Waals surface area (Å²) in [5, 5.41) is 2.91. The zero-order valence-corrected chi connectivity index (χ0v) is 9.95. The maximum atomic E-state index is 11.7. The quantitative estimate of drug-likeness (QED) is 0.676. The molecule has 0 bridgehead atoms. The summed E-state index contributed by atoms with van der Waals surface area (Å²) >= 11 is 0. The number of nitrogens with one attached hydrogen (secondary N) is 1. The van der Waals surface area contributed by atoms with Crippen molar-refractivity contribution in [1.82, 2.24) is 5.32 Å². The lowest BCUT2D eigenvalue weighted by Gasteiger charge is -2.23. The van der Waals surface area contributed by atoms with E-state index in [2.05, 4.69) is 5.32 Å². The Balaban J connectivity index is 2.35. The average molecular weight is 215 g/mol. The van der Waals surface area contributed by atoms with Gasteiger partial charge in [0.2, 0.25) is 5.91 Å². The van der Waals surface area contributed by atoms with E-state index in [1.165, 1.54) is 12.8 Å². The van der Waals surface area contributed by atoms with Gasteiger partial charge in [0.25, 0.3) is 0 Å². The minimum Gasteiger partial charge on any atom is -0.354 e. The van der Waals surface area contributed by atoms with Gasteiger partial charge in [-0.3, -0.25) is 4.79 Å². The molecule has 0 heterocycles. The molecule has 15 heavy (non-hydrogen) atoms. The van der Waals surface area contributed by atoms with Gasteiger partial charge < -0.3 is 14.8 Å². The van der Waals surface area contributed by atoms with Crippen LogP contribution in [0.5, 0.6) is 0 Å². The lowest BCUT2D eigenvalue weighted by atomic mass is 10.1. The van der Waals surface area contributed by atoms with Crippen LogP contribution in [0.1, 0.15) is 26.7 Å². The van der Waals surface area contributed by atoms with Crippen molar-refractivity contribution in [2.75, 3.05) is 14.2 Å². The van der Waals surface area contributed by atoms with E-state index in [0.717, 1.165) is 0 Å². The van der Waals surface area contributed by atoms with Gasteiger partial charge in [-0.15, -0.1) is 0 Å². The first kappa shape index (κ1) is 12.5. The summed E-state index contributed by atoms with van der Waals surface area (Å²) in [4.78, 5) is 11.7. The summed E-state index contributed by atoms with van der Waals surface area (Å²) in [5.41, 5.74) is 0. The number of rotatable bonds is 6. The van der Waals surface area contributed by atoms with Crippen LogP contribution in [-0.2, 0) is 14.3 Å². The van der Waals surface area contributed by atoms with Gasteiger partial charge >= 0.3 is 0 Å². The van der Waals surface area contributed by atoms with Gasteiger partial charge in [-0.25, -0.2) is 0 Å². The molecule has 0 saturated heterocycles. The van der Waals surface area contributed by atoms with Gasteiger partial charge in [0, 0.05) is 20.1 Å². The summed E-state index contributed by atoms with van der Waals surface area (Å²) in [6.45, 7) is 3.86. The molecule has 1 aliphatic rings. The molecule has 2 unspecified atom stereocenters. The lowest BCUT2D eigenvalue weighted by Crippen LogP contribution is -2.45. The molecule has 4 heteroatoms. The van der Waals surface area contributed by atoms with E-state index in [4.69, 9.17) is 9.47 Å². The molecule has 0 aromatic carbocycles. The molecule has 2 atom stereocenters. The summed E-state index contributed by atoms with van der Waals surface area (Å²) in [6, 6.07) is -0.117. The minimum absolute atomic E-state index is 0.101. The fourth-order valence-electron chi connectivity index (χ4n) is 1.74. The molecular weight excluding hydrogens is 194 g/mol. The Kier molecular flexibility index (Phi) is 4.54. The molecule has 1 saturated carbocycles. The van der Waals surface area contributed by atoms with Gasteiger partial charge in [-0.1, -0.05) is 6.92 Å². The molecule has 1 rings (SSSR count). The third-order valence-electron chi connectivity index (χ3n) is 2.99. The van der Waals surface area contributed by atoms with Crippen molar-refractivity contribution in [1.29, 1.82) is 0 Å². The smallest absolute Gasteiger partial charge is 0.223 e. The van der Waals surface area contributed by atoms with Crippen LogP contribution in [0.3, 0.4) is 0 Å².